The molecule has 0 aliphatic rings. The van der Waals surface area contributed by atoms with E-state index in [1.807, 2.05) is 4.68 Å². The highest BCUT2D eigenvalue weighted by Crippen LogP contribution is 2.10. The van der Waals surface area contributed by atoms with Gasteiger partial charge in [-0.15, -0.1) is 0 Å². The Morgan fingerprint density at radius 2 is 2.11 bits per heavy atom. The van der Waals surface area contributed by atoms with E-state index in [0.29, 0.717) is 5.92 Å². The first-order valence-electron chi connectivity index (χ1n) is 7.04. The monoisotopic (exact) mass is 252 g/mol. The van der Waals surface area contributed by atoms with Gasteiger partial charge in [0, 0.05) is 18.5 Å². The number of nitrogens with zero attached hydrogens (tertiary/aromatic N) is 3. The molecule has 1 rings (SSSR count). The van der Waals surface area contributed by atoms with Crippen LogP contribution in [0.3, 0.4) is 0 Å². The Labute approximate surface area is 111 Å². The molecule has 0 radical (unpaired) electrons. The molecule has 4 nitrogen and oxygen atoms in total. The molecule has 1 unspecified atom stereocenters. The summed E-state index contributed by atoms with van der Waals surface area (Å²) in [6.07, 6.45) is 4.98. The minimum Gasteiger partial charge on any atom is -0.312 e. The summed E-state index contributed by atoms with van der Waals surface area (Å²) in [5, 5.41) is 7.80. The zero-order valence-electron chi connectivity index (χ0n) is 12.5. The van der Waals surface area contributed by atoms with Gasteiger partial charge in [0.1, 0.15) is 12.2 Å². The molecule has 104 valence electrons. The summed E-state index contributed by atoms with van der Waals surface area (Å²) in [4.78, 5) is 4.36. The van der Waals surface area contributed by atoms with Gasteiger partial charge in [-0.2, -0.15) is 5.10 Å². The molecule has 0 aromatic carbocycles. The normalized spacial score (nSPS) is 13.8. The van der Waals surface area contributed by atoms with Crippen LogP contribution in [0.25, 0.3) is 0 Å². The number of nitrogens with one attached hydrogen (secondary N) is 1. The van der Waals surface area contributed by atoms with Crippen molar-refractivity contribution in [2.45, 2.75) is 66.0 Å². The van der Waals surface area contributed by atoms with Crippen molar-refractivity contribution >= 4 is 0 Å². The Kier molecular flexibility index (Phi) is 5.79. The van der Waals surface area contributed by atoms with Crippen molar-refractivity contribution in [1.29, 1.82) is 0 Å². The Balaban J connectivity index is 2.35. The highest BCUT2D eigenvalue weighted by Gasteiger charge is 2.12. The van der Waals surface area contributed by atoms with Gasteiger partial charge in [0.25, 0.3) is 0 Å². The van der Waals surface area contributed by atoms with Crippen molar-refractivity contribution in [3.8, 4) is 0 Å². The standard InChI is InChI=1S/C14H28N4/c1-6-9-18-13(15-11-17-18)10-12(2)7-8-16-14(3,4)5/h11-12,16H,6-10H2,1-5H3. The lowest BCUT2D eigenvalue weighted by Gasteiger charge is -2.21. The molecule has 0 amide bonds. The van der Waals surface area contributed by atoms with E-state index in [0.717, 1.165) is 31.8 Å². The van der Waals surface area contributed by atoms with Crippen molar-refractivity contribution in [3.63, 3.8) is 0 Å². The lowest BCUT2D eigenvalue weighted by molar-refractivity contribution is 0.388. The number of hydrogen-bond acceptors (Lipinski definition) is 3. The first-order valence-corrected chi connectivity index (χ1v) is 7.04. The predicted octanol–water partition coefficient (Wildman–Crippen LogP) is 2.64. The van der Waals surface area contributed by atoms with E-state index < -0.39 is 0 Å². The summed E-state index contributed by atoms with van der Waals surface area (Å²) in [5.41, 5.74) is 0.210. The van der Waals surface area contributed by atoms with Crippen LogP contribution in [0.5, 0.6) is 0 Å². The van der Waals surface area contributed by atoms with E-state index >= 15 is 0 Å². The highest BCUT2D eigenvalue weighted by atomic mass is 15.3. The van der Waals surface area contributed by atoms with Gasteiger partial charge in [-0.3, -0.25) is 4.68 Å². The maximum atomic E-state index is 4.36. The van der Waals surface area contributed by atoms with Gasteiger partial charge >= 0.3 is 0 Å². The largest absolute Gasteiger partial charge is 0.312 e. The molecule has 0 fully saturated rings. The zero-order chi connectivity index (χ0) is 13.6. The number of rotatable bonds is 7. The Morgan fingerprint density at radius 1 is 1.39 bits per heavy atom. The maximum Gasteiger partial charge on any atom is 0.138 e. The van der Waals surface area contributed by atoms with Crippen LogP contribution >= 0.6 is 0 Å². The fourth-order valence-electron chi connectivity index (χ4n) is 1.95. The van der Waals surface area contributed by atoms with Gasteiger partial charge in [-0.1, -0.05) is 13.8 Å². The Hall–Kier alpha value is -0.900. The minimum absolute atomic E-state index is 0.210. The van der Waals surface area contributed by atoms with Gasteiger partial charge in [0.15, 0.2) is 0 Å². The molecular weight excluding hydrogens is 224 g/mol. The van der Waals surface area contributed by atoms with Gasteiger partial charge in [-0.05, 0) is 46.1 Å². The van der Waals surface area contributed by atoms with Crippen LogP contribution in [0.4, 0.5) is 0 Å². The van der Waals surface area contributed by atoms with Crippen molar-refractivity contribution in [2.75, 3.05) is 6.54 Å². The molecule has 1 aromatic rings. The summed E-state index contributed by atoms with van der Waals surface area (Å²) in [6.45, 7) is 13.1. The van der Waals surface area contributed by atoms with E-state index in [2.05, 4.69) is 50.0 Å². The maximum absolute atomic E-state index is 4.36. The van der Waals surface area contributed by atoms with Crippen LogP contribution < -0.4 is 5.32 Å². The fourth-order valence-corrected chi connectivity index (χ4v) is 1.95. The fraction of sp³-hybridized carbons (Fsp3) is 0.857. The van der Waals surface area contributed by atoms with Gasteiger partial charge in [0.05, 0.1) is 0 Å². The van der Waals surface area contributed by atoms with E-state index in [1.54, 1.807) is 6.33 Å². The quantitative estimate of drug-likeness (QED) is 0.811. The second kappa shape index (κ2) is 6.88. The molecule has 0 bridgehead atoms. The van der Waals surface area contributed by atoms with Gasteiger partial charge in [0.2, 0.25) is 0 Å². The van der Waals surface area contributed by atoms with Crippen molar-refractivity contribution in [1.82, 2.24) is 20.1 Å². The van der Waals surface area contributed by atoms with E-state index in [-0.39, 0.29) is 5.54 Å². The Morgan fingerprint density at radius 3 is 2.72 bits per heavy atom. The molecule has 0 aliphatic carbocycles. The van der Waals surface area contributed by atoms with Crippen LogP contribution in [-0.4, -0.2) is 26.8 Å². The molecule has 0 spiro atoms. The first kappa shape index (κ1) is 15.2. The number of aromatic nitrogens is 3. The summed E-state index contributed by atoms with van der Waals surface area (Å²) in [7, 11) is 0. The third-order valence-corrected chi connectivity index (χ3v) is 2.95. The van der Waals surface area contributed by atoms with Crippen molar-refractivity contribution < 1.29 is 0 Å². The molecule has 1 atom stereocenters. The average Bonchev–Trinajstić information content (AvgIpc) is 2.64. The van der Waals surface area contributed by atoms with Crippen molar-refractivity contribution in [2.24, 2.45) is 5.92 Å². The summed E-state index contributed by atoms with van der Waals surface area (Å²) in [6, 6.07) is 0. The smallest absolute Gasteiger partial charge is 0.138 e. The molecule has 1 N–H and O–H groups in total. The predicted molar refractivity (Wildman–Crippen MR) is 75.6 cm³/mol. The SMILES string of the molecule is CCCn1ncnc1CC(C)CCNC(C)(C)C. The second-order valence-electron chi connectivity index (χ2n) is 6.17. The first-order chi connectivity index (χ1) is 8.42. The van der Waals surface area contributed by atoms with Crippen molar-refractivity contribution in [3.05, 3.63) is 12.2 Å². The molecule has 0 saturated heterocycles. The number of hydrogen-bond donors (Lipinski definition) is 1. The molecule has 0 saturated carbocycles. The number of aryl methyl sites for hydroxylation is 1. The molecule has 4 heteroatoms. The van der Waals surface area contributed by atoms with Crippen LogP contribution in [0, 0.1) is 5.92 Å². The topological polar surface area (TPSA) is 42.7 Å². The zero-order valence-corrected chi connectivity index (χ0v) is 12.5. The van der Waals surface area contributed by atoms with E-state index in [9.17, 15) is 0 Å². The molecule has 0 aliphatic heterocycles. The minimum atomic E-state index is 0.210. The third-order valence-electron chi connectivity index (χ3n) is 2.95. The Bertz CT molecular complexity index is 338. The van der Waals surface area contributed by atoms with E-state index in [1.165, 1.54) is 6.42 Å². The summed E-state index contributed by atoms with van der Waals surface area (Å²) in [5.74, 6) is 1.76. The van der Waals surface area contributed by atoms with Gasteiger partial charge < -0.3 is 5.32 Å². The van der Waals surface area contributed by atoms with E-state index in [4.69, 9.17) is 0 Å². The summed E-state index contributed by atoms with van der Waals surface area (Å²) < 4.78 is 2.04. The lowest BCUT2D eigenvalue weighted by Crippen LogP contribution is -2.37. The average molecular weight is 252 g/mol. The van der Waals surface area contributed by atoms with Crippen LogP contribution in [0.1, 0.15) is 53.3 Å². The molecule has 1 heterocycles. The third kappa shape index (κ3) is 5.63. The summed E-state index contributed by atoms with van der Waals surface area (Å²) >= 11 is 0. The lowest BCUT2D eigenvalue weighted by atomic mass is 10.0. The second-order valence-corrected chi connectivity index (χ2v) is 6.17. The van der Waals surface area contributed by atoms with Crippen LogP contribution in [0.15, 0.2) is 6.33 Å². The molecule has 1 aromatic heterocycles. The van der Waals surface area contributed by atoms with Crippen LogP contribution in [0.2, 0.25) is 0 Å². The highest BCUT2D eigenvalue weighted by molar-refractivity contribution is 4.86. The van der Waals surface area contributed by atoms with Gasteiger partial charge in [-0.25, -0.2) is 4.98 Å². The molecular formula is C14H28N4. The molecule has 18 heavy (non-hydrogen) atoms. The van der Waals surface area contributed by atoms with Crippen LogP contribution in [-0.2, 0) is 13.0 Å².